The van der Waals surface area contributed by atoms with Gasteiger partial charge in [0.2, 0.25) is 5.91 Å². The molecule has 0 unspecified atom stereocenters. The number of carbonyl (C=O) groups excluding carboxylic acids is 2. The molecule has 8 heteroatoms. The van der Waals surface area contributed by atoms with Gasteiger partial charge in [-0.25, -0.2) is 0 Å². The number of benzene rings is 1. The molecule has 0 saturated carbocycles. The Morgan fingerprint density at radius 3 is 2.41 bits per heavy atom. The van der Waals surface area contributed by atoms with E-state index in [1.807, 2.05) is 28.0 Å². The first-order valence-corrected chi connectivity index (χ1v) is 10.6. The Balaban J connectivity index is 1.31. The lowest BCUT2D eigenvalue weighted by atomic mass is 10.1. The number of aromatic amines is 1. The van der Waals surface area contributed by atoms with E-state index in [4.69, 9.17) is 11.6 Å². The number of H-pyrrole nitrogens is 1. The minimum absolute atomic E-state index is 0.0715. The monoisotopic (exact) mass is 415 g/mol. The summed E-state index contributed by atoms with van der Waals surface area (Å²) in [6.45, 7) is 4.82. The first-order chi connectivity index (χ1) is 14.1. The van der Waals surface area contributed by atoms with E-state index in [1.165, 1.54) is 6.42 Å². The number of rotatable bonds is 4. The number of piperazine rings is 1. The van der Waals surface area contributed by atoms with Crippen molar-refractivity contribution in [2.45, 2.75) is 19.3 Å². The number of amides is 2. The van der Waals surface area contributed by atoms with Crippen molar-refractivity contribution in [2.75, 3.05) is 45.8 Å². The highest BCUT2D eigenvalue weighted by atomic mass is 35.5. The Morgan fingerprint density at radius 2 is 1.69 bits per heavy atom. The minimum atomic E-state index is -0.0715. The van der Waals surface area contributed by atoms with Gasteiger partial charge in [-0.3, -0.25) is 19.6 Å². The Bertz CT molecular complexity index is 869. The molecular weight excluding hydrogens is 390 g/mol. The average molecular weight is 416 g/mol. The second-order valence-corrected chi connectivity index (χ2v) is 8.06. The molecule has 0 atom stereocenters. The summed E-state index contributed by atoms with van der Waals surface area (Å²) in [4.78, 5) is 31.2. The van der Waals surface area contributed by atoms with Gasteiger partial charge in [0.1, 0.15) is 5.69 Å². The van der Waals surface area contributed by atoms with Gasteiger partial charge in [0, 0.05) is 44.8 Å². The van der Waals surface area contributed by atoms with E-state index < -0.39 is 0 Å². The zero-order valence-corrected chi connectivity index (χ0v) is 17.2. The third kappa shape index (κ3) is 4.62. The number of halogens is 1. The number of aromatic nitrogens is 2. The standard InChI is InChI=1S/C21H26ClN5O2/c22-17-7-3-2-6-16(17)18-14-19(24-23-18)21(29)27-12-10-25(11-13-27)15-20(28)26-8-4-1-5-9-26/h2-3,6-7,14H,1,4-5,8-13,15H2,(H,23,24). The van der Waals surface area contributed by atoms with Crippen molar-refractivity contribution in [3.05, 3.63) is 41.0 Å². The van der Waals surface area contributed by atoms with Crippen LogP contribution in [0.5, 0.6) is 0 Å². The Kier molecular flexibility index (Phi) is 6.16. The van der Waals surface area contributed by atoms with Crippen LogP contribution in [0.15, 0.2) is 30.3 Å². The SMILES string of the molecule is O=C(CN1CCN(C(=O)c2cc(-c3ccccc3Cl)n[nH]2)CC1)N1CCCCC1. The van der Waals surface area contributed by atoms with Gasteiger partial charge in [0.15, 0.2) is 0 Å². The Labute approximate surface area is 175 Å². The quantitative estimate of drug-likeness (QED) is 0.832. The van der Waals surface area contributed by atoms with E-state index in [1.54, 1.807) is 12.1 Å². The highest BCUT2D eigenvalue weighted by Gasteiger charge is 2.26. The fourth-order valence-electron chi connectivity index (χ4n) is 3.95. The van der Waals surface area contributed by atoms with Gasteiger partial charge in [-0.2, -0.15) is 5.10 Å². The average Bonchev–Trinajstić information content (AvgIpc) is 3.25. The predicted molar refractivity (Wildman–Crippen MR) is 112 cm³/mol. The zero-order chi connectivity index (χ0) is 20.2. The highest BCUT2D eigenvalue weighted by molar-refractivity contribution is 6.33. The number of likely N-dealkylation sites (tertiary alicyclic amines) is 1. The number of hydrogen-bond donors (Lipinski definition) is 1. The molecule has 2 aliphatic rings. The minimum Gasteiger partial charge on any atom is -0.342 e. The summed E-state index contributed by atoms with van der Waals surface area (Å²) in [6.07, 6.45) is 3.43. The van der Waals surface area contributed by atoms with Crippen molar-refractivity contribution < 1.29 is 9.59 Å². The Morgan fingerprint density at radius 1 is 0.966 bits per heavy atom. The van der Waals surface area contributed by atoms with Crippen molar-refractivity contribution in [1.82, 2.24) is 24.9 Å². The molecule has 29 heavy (non-hydrogen) atoms. The van der Waals surface area contributed by atoms with Crippen LogP contribution in [0.25, 0.3) is 11.3 Å². The van der Waals surface area contributed by atoms with Crippen LogP contribution in [-0.4, -0.2) is 82.5 Å². The third-order valence-corrected chi connectivity index (χ3v) is 6.01. The van der Waals surface area contributed by atoms with Crippen molar-refractivity contribution >= 4 is 23.4 Å². The van der Waals surface area contributed by atoms with Gasteiger partial charge in [-0.1, -0.05) is 29.8 Å². The number of nitrogens with zero attached hydrogens (tertiary/aromatic N) is 4. The molecule has 2 amide bonds. The number of nitrogens with one attached hydrogen (secondary N) is 1. The molecule has 154 valence electrons. The third-order valence-electron chi connectivity index (χ3n) is 5.69. The van der Waals surface area contributed by atoms with Gasteiger partial charge in [0.25, 0.3) is 5.91 Å². The van der Waals surface area contributed by atoms with E-state index in [-0.39, 0.29) is 11.8 Å². The highest BCUT2D eigenvalue weighted by Crippen LogP contribution is 2.26. The molecule has 2 fully saturated rings. The van der Waals surface area contributed by atoms with Crippen LogP contribution >= 0.6 is 11.6 Å². The molecule has 2 saturated heterocycles. The molecule has 4 rings (SSSR count). The molecule has 1 aromatic heterocycles. The van der Waals surface area contributed by atoms with Gasteiger partial charge in [-0.05, 0) is 31.4 Å². The molecule has 1 aromatic carbocycles. The molecule has 3 heterocycles. The second-order valence-electron chi connectivity index (χ2n) is 7.66. The number of carbonyl (C=O) groups is 2. The van der Waals surface area contributed by atoms with Crippen LogP contribution in [0.4, 0.5) is 0 Å². The first-order valence-electron chi connectivity index (χ1n) is 10.2. The van der Waals surface area contributed by atoms with Gasteiger partial charge in [-0.15, -0.1) is 0 Å². The van der Waals surface area contributed by atoms with Crippen LogP contribution in [0, 0.1) is 0 Å². The molecule has 7 nitrogen and oxygen atoms in total. The lowest BCUT2D eigenvalue weighted by Gasteiger charge is -2.35. The summed E-state index contributed by atoms with van der Waals surface area (Å²) in [5.41, 5.74) is 1.91. The maximum atomic E-state index is 12.8. The normalized spacial score (nSPS) is 18.1. The summed E-state index contributed by atoms with van der Waals surface area (Å²) in [5, 5.41) is 7.69. The first kappa shape index (κ1) is 19.9. The van der Waals surface area contributed by atoms with E-state index in [0.29, 0.717) is 49.1 Å². The van der Waals surface area contributed by atoms with Crippen LogP contribution in [-0.2, 0) is 4.79 Å². The molecule has 1 N–H and O–H groups in total. The number of piperidine rings is 1. The van der Waals surface area contributed by atoms with Crippen molar-refractivity contribution in [3.63, 3.8) is 0 Å². The molecule has 2 aliphatic heterocycles. The molecular formula is C21H26ClN5O2. The lowest BCUT2D eigenvalue weighted by molar-refractivity contribution is -0.133. The van der Waals surface area contributed by atoms with E-state index >= 15 is 0 Å². The van der Waals surface area contributed by atoms with E-state index in [2.05, 4.69) is 15.1 Å². The summed E-state index contributed by atoms with van der Waals surface area (Å²) in [6, 6.07) is 9.18. The summed E-state index contributed by atoms with van der Waals surface area (Å²) in [7, 11) is 0. The largest absolute Gasteiger partial charge is 0.342 e. The van der Waals surface area contributed by atoms with Crippen LogP contribution < -0.4 is 0 Å². The van der Waals surface area contributed by atoms with Crippen LogP contribution in [0.3, 0.4) is 0 Å². The Hall–Kier alpha value is -2.38. The van der Waals surface area contributed by atoms with Crippen molar-refractivity contribution in [2.24, 2.45) is 0 Å². The lowest BCUT2D eigenvalue weighted by Crippen LogP contribution is -2.52. The summed E-state index contributed by atoms with van der Waals surface area (Å²) >= 11 is 6.22. The molecule has 0 aliphatic carbocycles. The van der Waals surface area contributed by atoms with E-state index in [0.717, 1.165) is 31.5 Å². The molecule has 0 radical (unpaired) electrons. The van der Waals surface area contributed by atoms with Crippen LogP contribution in [0.2, 0.25) is 5.02 Å². The summed E-state index contributed by atoms with van der Waals surface area (Å²) in [5.74, 6) is 0.139. The molecule has 0 bridgehead atoms. The fourth-order valence-corrected chi connectivity index (χ4v) is 4.18. The van der Waals surface area contributed by atoms with Gasteiger partial charge < -0.3 is 9.80 Å². The number of hydrogen-bond acceptors (Lipinski definition) is 4. The fraction of sp³-hybridized carbons (Fsp3) is 0.476. The second kappa shape index (κ2) is 8.97. The van der Waals surface area contributed by atoms with Crippen LogP contribution in [0.1, 0.15) is 29.8 Å². The summed E-state index contributed by atoms with van der Waals surface area (Å²) < 4.78 is 0. The smallest absolute Gasteiger partial charge is 0.271 e. The topological polar surface area (TPSA) is 72.5 Å². The van der Waals surface area contributed by atoms with E-state index in [9.17, 15) is 9.59 Å². The van der Waals surface area contributed by atoms with Crippen molar-refractivity contribution in [1.29, 1.82) is 0 Å². The predicted octanol–water partition coefficient (Wildman–Crippen LogP) is 2.50. The van der Waals surface area contributed by atoms with Gasteiger partial charge in [0.05, 0.1) is 17.3 Å². The van der Waals surface area contributed by atoms with Crippen molar-refractivity contribution in [3.8, 4) is 11.3 Å². The zero-order valence-electron chi connectivity index (χ0n) is 16.4. The molecule has 0 spiro atoms. The van der Waals surface area contributed by atoms with Gasteiger partial charge >= 0.3 is 0 Å². The maximum absolute atomic E-state index is 12.8. The maximum Gasteiger partial charge on any atom is 0.271 e. The molecule has 2 aromatic rings.